The molecule has 1 aliphatic heterocycles. The molecule has 7 heteroatoms. The minimum Gasteiger partial charge on any atom is -0.484 e. The number of nitrogens with two attached hydrogens (primary N) is 1. The number of benzene rings is 1. The van der Waals surface area contributed by atoms with Crippen LogP contribution in [0.5, 0.6) is 5.75 Å². The molecule has 3 N–H and O–H groups in total. The highest BCUT2D eigenvalue weighted by Gasteiger charge is 2.24. The number of carbonyl (C=O) groups excluding carboxylic acids is 2. The Balaban J connectivity index is 1.53. The van der Waals surface area contributed by atoms with Crippen LogP contribution >= 0.6 is 0 Å². The van der Waals surface area contributed by atoms with Crippen LogP contribution in [0.3, 0.4) is 0 Å². The molecule has 0 radical (unpaired) electrons. The molecule has 0 saturated carbocycles. The number of nitrogens with zero attached hydrogens (tertiary/aromatic N) is 2. The van der Waals surface area contributed by atoms with Crippen LogP contribution < -0.4 is 20.7 Å². The first-order valence-corrected chi connectivity index (χ1v) is 10.3. The molecule has 1 fully saturated rings. The third-order valence-corrected chi connectivity index (χ3v) is 5.25. The largest absolute Gasteiger partial charge is 0.484 e. The SMILES string of the molecule is CC(C)(C)c1cccc(OCC(=O)Nc2ccc(N3CCCC(C(N)=O)C3)nc2)c1. The van der Waals surface area contributed by atoms with Crippen LogP contribution in [0.2, 0.25) is 0 Å². The molecule has 1 aliphatic rings. The lowest BCUT2D eigenvalue weighted by atomic mass is 9.87. The summed E-state index contributed by atoms with van der Waals surface area (Å²) in [6.45, 7) is 7.73. The summed E-state index contributed by atoms with van der Waals surface area (Å²) in [5, 5.41) is 2.80. The Kier molecular flexibility index (Phi) is 6.59. The quantitative estimate of drug-likeness (QED) is 0.763. The normalized spacial score (nSPS) is 16.8. The van der Waals surface area contributed by atoms with Crippen molar-refractivity contribution in [2.24, 2.45) is 11.7 Å². The molecule has 2 heterocycles. The smallest absolute Gasteiger partial charge is 0.262 e. The second-order valence-electron chi connectivity index (χ2n) is 8.71. The van der Waals surface area contributed by atoms with E-state index >= 15 is 0 Å². The molecule has 0 aliphatic carbocycles. The third-order valence-electron chi connectivity index (χ3n) is 5.25. The molecule has 0 bridgehead atoms. The summed E-state index contributed by atoms with van der Waals surface area (Å²) in [6.07, 6.45) is 3.33. The molecule has 2 amide bonds. The van der Waals surface area contributed by atoms with Crippen molar-refractivity contribution in [2.45, 2.75) is 39.0 Å². The molecule has 7 nitrogen and oxygen atoms in total. The summed E-state index contributed by atoms with van der Waals surface area (Å²) in [4.78, 5) is 30.2. The number of ether oxygens (including phenoxy) is 1. The fourth-order valence-electron chi connectivity index (χ4n) is 3.46. The molecule has 30 heavy (non-hydrogen) atoms. The lowest BCUT2D eigenvalue weighted by molar-refractivity contribution is -0.122. The molecule has 0 spiro atoms. The van der Waals surface area contributed by atoms with Crippen molar-refractivity contribution in [3.63, 3.8) is 0 Å². The predicted octanol–water partition coefficient (Wildman–Crippen LogP) is 3.10. The van der Waals surface area contributed by atoms with Crippen molar-refractivity contribution in [1.29, 1.82) is 0 Å². The van der Waals surface area contributed by atoms with Crippen molar-refractivity contribution in [3.8, 4) is 5.75 Å². The Labute approximate surface area is 177 Å². The predicted molar refractivity (Wildman–Crippen MR) is 118 cm³/mol. The van der Waals surface area contributed by atoms with E-state index in [1.165, 1.54) is 0 Å². The zero-order valence-corrected chi connectivity index (χ0v) is 17.9. The van der Waals surface area contributed by atoms with Gasteiger partial charge in [-0.15, -0.1) is 0 Å². The second kappa shape index (κ2) is 9.15. The van der Waals surface area contributed by atoms with Crippen LogP contribution in [0.4, 0.5) is 11.5 Å². The summed E-state index contributed by atoms with van der Waals surface area (Å²) >= 11 is 0. The van der Waals surface area contributed by atoms with Crippen LogP contribution in [0.15, 0.2) is 42.6 Å². The van der Waals surface area contributed by atoms with Gasteiger partial charge in [-0.25, -0.2) is 4.98 Å². The number of pyridine rings is 1. The van der Waals surface area contributed by atoms with Gasteiger partial charge in [-0.3, -0.25) is 9.59 Å². The number of primary amides is 1. The molecule has 160 valence electrons. The molecular formula is C23H30N4O3. The van der Waals surface area contributed by atoms with Crippen LogP contribution in [0.1, 0.15) is 39.2 Å². The Morgan fingerprint density at radius 3 is 2.73 bits per heavy atom. The summed E-state index contributed by atoms with van der Waals surface area (Å²) in [5.74, 6) is 0.775. The van der Waals surface area contributed by atoms with Crippen LogP contribution in [-0.4, -0.2) is 36.5 Å². The average molecular weight is 411 g/mol. The van der Waals surface area contributed by atoms with Crippen LogP contribution in [0.25, 0.3) is 0 Å². The monoisotopic (exact) mass is 410 g/mol. The van der Waals surface area contributed by atoms with Crippen LogP contribution in [0, 0.1) is 5.92 Å². The number of hydrogen-bond donors (Lipinski definition) is 2. The summed E-state index contributed by atoms with van der Waals surface area (Å²) in [5.41, 5.74) is 7.20. The van der Waals surface area contributed by atoms with E-state index in [-0.39, 0.29) is 29.8 Å². The number of nitrogens with one attached hydrogen (secondary N) is 1. The van der Waals surface area contributed by atoms with E-state index in [0.717, 1.165) is 30.8 Å². The molecule has 1 aromatic carbocycles. The van der Waals surface area contributed by atoms with Gasteiger partial charge in [0.2, 0.25) is 5.91 Å². The first-order valence-electron chi connectivity index (χ1n) is 10.3. The minimum absolute atomic E-state index is 0.0147. The molecule has 2 aromatic rings. The summed E-state index contributed by atoms with van der Waals surface area (Å²) < 4.78 is 5.64. The third kappa shape index (κ3) is 5.72. The minimum atomic E-state index is -0.267. The number of carbonyl (C=O) groups is 2. The van der Waals surface area contributed by atoms with E-state index in [4.69, 9.17) is 10.5 Å². The molecule has 1 aromatic heterocycles. The van der Waals surface area contributed by atoms with E-state index in [1.54, 1.807) is 12.3 Å². The van der Waals surface area contributed by atoms with Gasteiger partial charge in [0.25, 0.3) is 5.91 Å². The Morgan fingerprint density at radius 2 is 2.07 bits per heavy atom. The van der Waals surface area contributed by atoms with Gasteiger partial charge in [-0.2, -0.15) is 0 Å². The Morgan fingerprint density at radius 1 is 1.27 bits per heavy atom. The number of amides is 2. The molecule has 3 rings (SSSR count). The molecule has 1 saturated heterocycles. The van der Waals surface area contributed by atoms with Crippen molar-refractivity contribution in [3.05, 3.63) is 48.2 Å². The van der Waals surface area contributed by atoms with E-state index < -0.39 is 0 Å². The number of piperidine rings is 1. The van der Waals surface area contributed by atoms with Gasteiger partial charge in [0.15, 0.2) is 6.61 Å². The molecular weight excluding hydrogens is 380 g/mol. The molecule has 1 unspecified atom stereocenters. The first kappa shape index (κ1) is 21.6. The van der Waals surface area contributed by atoms with E-state index in [0.29, 0.717) is 18.0 Å². The Hall–Kier alpha value is -3.09. The van der Waals surface area contributed by atoms with Crippen molar-refractivity contribution < 1.29 is 14.3 Å². The van der Waals surface area contributed by atoms with Gasteiger partial charge in [0, 0.05) is 13.1 Å². The number of anilines is 2. The fraction of sp³-hybridized carbons (Fsp3) is 0.435. The van der Waals surface area contributed by atoms with E-state index in [1.807, 2.05) is 30.3 Å². The highest BCUT2D eigenvalue weighted by Crippen LogP contribution is 2.26. The van der Waals surface area contributed by atoms with Gasteiger partial charge in [-0.1, -0.05) is 32.9 Å². The lowest BCUT2D eigenvalue weighted by Crippen LogP contribution is -2.41. The number of hydrogen-bond acceptors (Lipinski definition) is 5. The first-order chi connectivity index (χ1) is 14.2. The summed E-state index contributed by atoms with van der Waals surface area (Å²) in [6, 6.07) is 11.4. The number of aromatic nitrogens is 1. The topological polar surface area (TPSA) is 97.5 Å². The van der Waals surface area contributed by atoms with Gasteiger partial charge in [-0.05, 0) is 48.1 Å². The van der Waals surface area contributed by atoms with Crippen LogP contribution in [-0.2, 0) is 15.0 Å². The fourth-order valence-corrected chi connectivity index (χ4v) is 3.46. The van der Waals surface area contributed by atoms with Crippen molar-refractivity contribution in [1.82, 2.24) is 4.98 Å². The van der Waals surface area contributed by atoms with Gasteiger partial charge < -0.3 is 20.7 Å². The van der Waals surface area contributed by atoms with Gasteiger partial charge >= 0.3 is 0 Å². The highest BCUT2D eigenvalue weighted by molar-refractivity contribution is 5.91. The molecule has 1 atom stereocenters. The number of rotatable bonds is 6. The zero-order chi connectivity index (χ0) is 21.7. The maximum atomic E-state index is 12.2. The van der Waals surface area contributed by atoms with Crippen molar-refractivity contribution >= 4 is 23.3 Å². The van der Waals surface area contributed by atoms with Gasteiger partial charge in [0.1, 0.15) is 11.6 Å². The second-order valence-corrected chi connectivity index (χ2v) is 8.71. The maximum absolute atomic E-state index is 12.2. The van der Waals surface area contributed by atoms with E-state index in [9.17, 15) is 9.59 Å². The average Bonchev–Trinajstić information content (AvgIpc) is 2.72. The van der Waals surface area contributed by atoms with Gasteiger partial charge in [0.05, 0.1) is 17.8 Å². The maximum Gasteiger partial charge on any atom is 0.262 e. The van der Waals surface area contributed by atoms with E-state index in [2.05, 4.69) is 36.0 Å². The lowest BCUT2D eigenvalue weighted by Gasteiger charge is -2.32. The van der Waals surface area contributed by atoms with Crippen molar-refractivity contribution in [2.75, 3.05) is 29.9 Å². The highest BCUT2D eigenvalue weighted by atomic mass is 16.5. The summed E-state index contributed by atoms with van der Waals surface area (Å²) in [7, 11) is 0. The zero-order valence-electron chi connectivity index (χ0n) is 17.9. The standard InChI is InChI=1S/C23H30N4O3/c1-23(2,3)17-7-4-8-19(12-17)30-15-21(28)26-18-9-10-20(25-13-18)27-11-5-6-16(14-27)22(24)29/h4,7-10,12-13,16H,5-6,11,14-15H2,1-3H3,(H2,24,29)(H,26,28). The Bertz CT molecular complexity index is 890.